The highest BCUT2D eigenvalue weighted by Gasteiger charge is 2.19. The maximum absolute atomic E-state index is 6.12. The molecule has 2 heteroatoms. The molecule has 0 aliphatic heterocycles. The van der Waals surface area contributed by atoms with Gasteiger partial charge in [0.15, 0.2) is 0 Å². The molecule has 1 saturated carbocycles. The number of hydrogen-bond donors (Lipinski definition) is 1. The summed E-state index contributed by atoms with van der Waals surface area (Å²) in [5, 5.41) is 3.43. The fourth-order valence-electron chi connectivity index (χ4n) is 2.68. The summed E-state index contributed by atoms with van der Waals surface area (Å²) in [6.45, 7) is 6.55. The fourth-order valence-corrected chi connectivity index (χ4v) is 2.68. The van der Waals surface area contributed by atoms with E-state index in [9.17, 15) is 0 Å². The molecule has 1 aromatic carbocycles. The van der Waals surface area contributed by atoms with Crippen LogP contribution in [0.25, 0.3) is 0 Å². The molecule has 1 fully saturated rings. The van der Waals surface area contributed by atoms with Gasteiger partial charge in [0, 0.05) is 6.54 Å². The number of benzene rings is 1. The minimum Gasteiger partial charge on any atom is -0.490 e. The van der Waals surface area contributed by atoms with E-state index in [4.69, 9.17) is 4.74 Å². The quantitative estimate of drug-likeness (QED) is 0.777. The lowest BCUT2D eigenvalue weighted by atomic mass is 9.89. The van der Waals surface area contributed by atoms with Crippen molar-refractivity contribution in [2.45, 2.75) is 58.6 Å². The number of nitrogens with one attached hydrogen (secondary N) is 1. The summed E-state index contributed by atoms with van der Waals surface area (Å²) in [4.78, 5) is 0. The molecule has 1 N–H and O–H groups in total. The van der Waals surface area contributed by atoms with Crippen LogP contribution in [0.1, 0.15) is 51.5 Å². The van der Waals surface area contributed by atoms with Crippen molar-refractivity contribution < 1.29 is 4.74 Å². The second kappa shape index (κ2) is 7.54. The van der Waals surface area contributed by atoms with Crippen molar-refractivity contribution in [2.75, 3.05) is 6.54 Å². The van der Waals surface area contributed by atoms with Crippen molar-refractivity contribution in [2.24, 2.45) is 5.92 Å². The first-order valence-corrected chi connectivity index (χ1v) is 7.74. The Labute approximate surface area is 117 Å². The molecule has 0 atom stereocenters. The monoisotopic (exact) mass is 261 g/mol. The van der Waals surface area contributed by atoms with Crippen LogP contribution < -0.4 is 10.1 Å². The Morgan fingerprint density at radius 1 is 1.21 bits per heavy atom. The Kier molecular flexibility index (Phi) is 5.71. The lowest BCUT2D eigenvalue weighted by molar-refractivity contribution is 0.135. The minimum atomic E-state index is 0.426. The van der Waals surface area contributed by atoms with Gasteiger partial charge in [-0.1, -0.05) is 26.0 Å². The lowest BCUT2D eigenvalue weighted by Gasteiger charge is -2.27. The smallest absolute Gasteiger partial charge is 0.120 e. The van der Waals surface area contributed by atoms with Crippen LogP contribution >= 0.6 is 0 Å². The molecule has 0 saturated heterocycles. The standard InChI is InChI=1S/C17H27NO/c1-3-11-18-13-15-5-4-6-17(12-15)19-16-9-7-14(2)8-10-16/h4-6,12,14,16,18H,3,7-11,13H2,1-2H3. The molecule has 0 heterocycles. The SMILES string of the molecule is CCCNCc1cccc(OC2CCC(C)CC2)c1. The molecule has 0 bridgehead atoms. The van der Waals surface area contributed by atoms with Crippen LogP contribution in [0.15, 0.2) is 24.3 Å². The second-order valence-electron chi connectivity index (χ2n) is 5.82. The third-order valence-corrected chi connectivity index (χ3v) is 3.92. The molecule has 19 heavy (non-hydrogen) atoms. The molecular formula is C17H27NO. The van der Waals surface area contributed by atoms with Crippen LogP contribution in [0.4, 0.5) is 0 Å². The molecule has 0 aromatic heterocycles. The third kappa shape index (κ3) is 4.87. The van der Waals surface area contributed by atoms with Gasteiger partial charge >= 0.3 is 0 Å². The highest BCUT2D eigenvalue weighted by molar-refractivity contribution is 5.28. The van der Waals surface area contributed by atoms with E-state index in [-0.39, 0.29) is 0 Å². The molecule has 0 spiro atoms. The highest BCUT2D eigenvalue weighted by atomic mass is 16.5. The summed E-state index contributed by atoms with van der Waals surface area (Å²) >= 11 is 0. The zero-order chi connectivity index (χ0) is 13.5. The Morgan fingerprint density at radius 2 is 2.00 bits per heavy atom. The van der Waals surface area contributed by atoms with E-state index in [1.807, 2.05) is 0 Å². The van der Waals surface area contributed by atoms with Crippen molar-refractivity contribution >= 4 is 0 Å². The van der Waals surface area contributed by atoms with Crippen molar-refractivity contribution in [3.63, 3.8) is 0 Å². The van der Waals surface area contributed by atoms with E-state index in [1.54, 1.807) is 0 Å². The number of hydrogen-bond acceptors (Lipinski definition) is 2. The lowest BCUT2D eigenvalue weighted by Crippen LogP contribution is -2.23. The Hall–Kier alpha value is -1.02. The molecule has 1 aromatic rings. The van der Waals surface area contributed by atoms with E-state index in [2.05, 4.69) is 43.4 Å². The molecular weight excluding hydrogens is 234 g/mol. The van der Waals surface area contributed by atoms with Crippen LogP contribution in [-0.2, 0) is 6.54 Å². The van der Waals surface area contributed by atoms with E-state index < -0.39 is 0 Å². The average Bonchev–Trinajstić information content (AvgIpc) is 2.42. The first kappa shape index (κ1) is 14.4. The van der Waals surface area contributed by atoms with Crippen molar-refractivity contribution in [1.82, 2.24) is 5.32 Å². The third-order valence-electron chi connectivity index (χ3n) is 3.92. The second-order valence-corrected chi connectivity index (χ2v) is 5.82. The zero-order valence-electron chi connectivity index (χ0n) is 12.3. The van der Waals surface area contributed by atoms with Gasteiger partial charge in [-0.3, -0.25) is 0 Å². The average molecular weight is 261 g/mol. The Balaban J connectivity index is 1.84. The number of ether oxygens (including phenoxy) is 1. The largest absolute Gasteiger partial charge is 0.490 e. The summed E-state index contributed by atoms with van der Waals surface area (Å²) < 4.78 is 6.12. The molecule has 2 nitrogen and oxygen atoms in total. The van der Waals surface area contributed by atoms with E-state index in [1.165, 1.54) is 37.7 Å². The fraction of sp³-hybridized carbons (Fsp3) is 0.647. The minimum absolute atomic E-state index is 0.426. The predicted molar refractivity (Wildman–Crippen MR) is 80.5 cm³/mol. The summed E-state index contributed by atoms with van der Waals surface area (Å²) in [6.07, 6.45) is 6.63. The summed E-state index contributed by atoms with van der Waals surface area (Å²) in [7, 11) is 0. The van der Waals surface area contributed by atoms with Crippen LogP contribution in [-0.4, -0.2) is 12.6 Å². The van der Waals surface area contributed by atoms with Crippen molar-refractivity contribution in [3.05, 3.63) is 29.8 Å². The molecule has 0 unspecified atom stereocenters. The summed E-state index contributed by atoms with van der Waals surface area (Å²) in [6, 6.07) is 8.53. The predicted octanol–water partition coefficient (Wildman–Crippen LogP) is 4.14. The molecule has 0 amide bonds. The van der Waals surface area contributed by atoms with Gasteiger partial charge in [-0.15, -0.1) is 0 Å². The van der Waals surface area contributed by atoms with E-state index in [0.717, 1.165) is 24.8 Å². The Bertz CT molecular complexity index is 369. The topological polar surface area (TPSA) is 21.3 Å². The zero-order valence-corrected chi connectivity index (χ0v) is 12.3. The number of rotatable bonds is 6. The van der Waals surface area contributed by atoms with Crippen LogP contribution in [0.3, 0.4) is 0 Å². The first-order valence-electron chi connectivity index (χ1n) is 7.74. The van der Waals surface area contributed by atoms with Gasteiger partial charge in [0.25, 0.3) is 0 Å². The van der Waals surface area contributed by atoms with E-state index >= 15 is 0 Å². The van der Waals surface area contributed by atoms with Gasteiger partial charge in [-0.05, 0) is 62.3 Å². The first-order chi connectivity index (χ1) is 9.28. The van der Waals surface area contributed by atoms with Gasteiger partial charge in [-0.25, -0.2) is 0 Å². The summed E-state index contributed by atoms with van der Waals surface area (Å²) in [5.41, 5.74) is 1.31. The molecule has 1 aliphatic carbocycles. The van der Waals surface area contributed by atoms with Crippen molar-refractivity contribution in [3.8, 4) is 5.75 Å². The van der Waals surface area contributed by atoms with E-state index in [0.29, 0.717) is 6.10 Å². The maximum atomic E-state index is 6.12. The molecule has 106 valence electrons. The van der Waals surface area contributed by atoms with Crippen LogP contribution in [0.2, 0.25) is 0 Å². The van der Waals surface area contributed by atoms with Gasteiger partial charge in [-0.2, -0.15) is 0 Å². The van der Waals surface area contributed by atoms with Crippen molar-refractivity contribution in [1.29, 1.82) is 0 Å². The van der Waals surface area contributed by atoms with Crippen LogP contribution in [0, 0.1) is 5.92 Å². The summed E-state index contributed by atoms with van der Waals surface area (Å²) in [5.74, 6) is 1.92. The molecule has 2 rings (SSSR count). The van der Waals surface area contributed by atoms with Gasteiger partial charge < -0.3 is 10.1 Å². The van der Waals surface area contributed by atoms with Crippen LogP contribution in [0.5, 0.6) is 5.75 Å². The molecule has 1 aliphatic rings. The van der Waals surface area contributed by atoms with Gasteiger partial charge in [0.2, 0.25) is 0 Å². The normalized spacial score (nSPS) is 23.3. The van der Waals surface area contributed by atoms with Gasteiger partial charge in [0.1, 0.15) is 5.75 Å². The van der Waals surface area contributed by atoms with Gasteiger partial charge in [0.05, 0.1) is 6.10 Å². The Morgan fingerprint density at radius 3 is 2.74 bits per heavy atom. The molecule has 0 radical (unpaired) electrons. The maximum Gasteiger partial charge on any atom is 0.120 e. The highest BCUT2D eigenvalue weighted by Crippen LogP contribution is 2.27.